The van der Waals surface area contributed by atoms with Gasteiger partial charge in [0.05, 0.1) is 17.3 Å². The molecule has 0 saturated carbocycles. The number of rotatable bonds is 2. The highest BCUT2D eigenvalue weighted by atomic mass is 32.1. The summed E-state index contributed by atoms with van der Waals surface area (Å²) in [5, 5.41) is 13.2. The molecule has 1 N–H and O–H groups in total. The van der Waals surface area contributed by atoms with Crippen molar-refractivity contribution in [1.82, 2.24) is 4.98 Å². The molecule has 4 rings (SSSR count). The predicted molar refractivity (Wildman–Crippen MR) is 90.8 cm³/mol. The van der Waals surface area contributed by atoms with Crippen LogP contribution in [0.4, 0.5) is 0 Å². The summed E-state index contributed by atoms with van der Waals surface area (Å²) in [5.74, 6) is 0.597. The van der Waals surface area contributed by atoms with Gasteiger partial charge >= 0.3 is 0 Å². The van der Waals surface area contributed by atoms with Gasteiger partial charge in [-0.15, -0.1) is 11.3 Å². The van der Waals surface area contributed by atoms with Crippen molar-refractivity contribution in [3.05, 3.63) is 54.6 Å². The van der Waals surface area contributed by atoms with E-state index >= 15 is 0 Å². The second kappa shape index (κ2) is 5.00. The Bertz CT molecular complexity index is 991. The van der Waals surface area contributed by atoms with E-state index in [1.54, 1.807) is 30.6 Å². The first kappa shape index (κ1) is 13.1. The lowest BCUT2D eigenvalue weighted by molar-refractivity contribution is 0.373. The SMILES string of the molecule is COc1ccc(-c2nc3c(ccc4ccccc43)s2)cc1O. The number of hydrogen-bond donors (Lipinski definition) is 1. The first-order valence-electron chi connectivity index (χ1n) is 6.92. The van der Waals surface area contributed by atoms with E-state index in [4.69, 9.17) is 9.72 Å². The smallest absolute Gasteiger partial charge is 0.160 e. The van der Waals surface area contributed by atoms with Crippen molar-refractivity contribution in [2.75, 3.05) is 7.11 Å². The zero-order valence-electron chi connectivity index (χ0n) is 11.9. The van der Waals surface area contributed by atoms with Crippen molar-refractivity contribution in [2.24, 2.45) is 0 Å². The Labute approximate surface area is 131 Å². The Balaban J connectivity index is 1.92. The van der Waals surface area contributed by atoms with Crippen molar-refractivity contribution in [1.29, 1.82) is 0 Å². The molecule has 0 bridgehead atoms. The maximum absolute atomic E-state index is 9.95. The van der Waals surface area contributed by atoms with Gasteiger partial charge in [-0.3, -0.25) is 0 Å². The van der Waals surface area contributed by atoms with Crippen molar-refractivity contribution in [3.8, 4) is 22.1 Å². The predicted octanol–water partition coefficient (Wildman–Crippen LogP) is 4.83. The third kappa shape index (κ3) is 2.00. The van der Waals surface area contributed by atoms with E-state index in [1.165, 1.54) is 5.39 Å². The molecule has 0 spiro atoms. The molecule has 1 heterocycles. The van der Waals surface area contributed by atoms with Crippen molar-refractivity contribution in [3.63, 3.8) is 0 Å². The van der Waals surface area contributed by atoms with Crippen LogP contribution in [0.2, 0.25) is 0 Å². The number of aromatic nitrogens is 1. The molecule has 1 aromatic heterocycles. The second-order valence-corrected chi connectivity index (χ2v) is 6.07. The molecule has 0 amide bonds. The molecule has 0 atom stereocenters. The Hall–Kier alpha value is -2.59. The number of phenols is 1. The van der Waals surface area contributed by atoms with Gasteiger partial charge in [-0.2, -0.15) is 0 Å². The zero-order valence-corrected chi connectivity index (χ0v) is 12.7. The molecule has 3 nitrogen and oxygen atoms in total. The fourth-order valence-corrected chi connectivity index (χ4v) is 3.59. The standard InChI is InChI=1S/C18H13NO2S/c1-21-15-8-6-12(10-14(15)20)18-19-17-13-5-3-2-4-11(13)7-9-16(17)22-18/h2-10,20H,1H3. The molecule has 0 aliphatic carbocycles. The van der Waals surface area contributed by atoms with Crippen LogP contribution in [0.3, 0.4) is 0 Å². The van der Waals surface area contributed by atoms with Crippen molar-refractivity contribution < 1.29 is 9.84 Å². The molecule has 0 radical (unpaired) electrons. The van der Waals surface area contributed by atoms with Crippen LogP contribution >= 0.6 is 11.3 Å². The largest absolute Gasteiger partial charge is 0.504 e. The minimum Gasteiger partial charge on any atom is -0.504 e. The molecule has 22 heavy (non-hydrogen) atoms. The fraction of sp³-hybridized carbons (Fsp3) is 0.0556. The van der Waals surface area contributed by atoms with Crippen LogP contribution in [0.25, 0.3) is 31.6 Å². The molecular weight excluding hydrogens is 294 g/mol. The molecule has 0 unspecified atom stereocenters. The van der Waals surface area contributed by atoms with E-state index in [1.807, 2.05) is 18.2 Å². The van der Waals surface area contributed by atoms with Gasteiger partial charge in [0.1, 0.15) is 5.01 Å². The van der Waals surface area contributed by atoms with Gasteiger partial charge in [0.25, 0.3) is 0 Å². The molecule has 108 valence electrons. The van der Waals surface area contributed by atoms with Crippen molar-refractivity contribution >= 4 is 32.3 Å². The van der Waals surface area contributed by atoms with Gasteiger partial charge in [0.15, 0.2) is 11.5 Å². The highest BCUT2D eigenvalue weighted by Gasteiger charge is 2.11. The lowest BCUT2D eigenvalue weighted by Crippen LogP contribution is -1.84. The minimum absolute atomic E-state index is 0.129. The molecule has 0 aliphatic heterocycles. The summed E-state index contributed by atoms with van der Waals surface area (Å²) in [6.45, 7) is 0. The van der Waals surface area contributed by atoms with Crippen molar-refractivity contribution in [2.45, 2.75) is 0 Å². The highest BCUT2D eigenvalue weighted by Crippen LogP contribution is 2.37. The van der Waals surface area contributed by atoms with Gasteiger partial charge in [-0.25, -0.2) is 4.98 Å². The maximum atomic E-state index is 9.95. The number of aromatic hydroxyl groups is 1. The second-order valence-electron chi connectivity index (χ2n) is 5.04. The summed E-state index contributed by atoms with van der Waals surface area (Å²) in [6.07, 6.45) is 0. The van der Waals surface area contributed by atoms with Crippen LogP contribution in [0, 0.1) is 0 Å². The van der Waals surface area contributed by atoms with E-state index < -0.39 is 0 Å². The molecule has 4 aromatic rings. The van der Waals surface area contributed by atoms with Crippen LogP contribution in [0.1, 0.15) is 0 Å². The van der Waals surface area contributed by atoms with E-state index in [0.717, 1.165) is 26.2 Å². The Morgan fingerprint density at radius 3 is 2.73 bits per heavy atom. The summed E-state index contributed by atoms with van der Waals surface area (Å²) in [5.41, 5.74) is 1.90. The lowest BCUT2D eigenvalue weighted by atomic mass is 10.1. The number of hydrogen-bond acceptors (Lipinski definition) is 4. The molecule has 0 saturated heterocycles. The van der Waals surface area contributed by atoms with Crippen LogP contribution in [-0.4, -0.2) is 17.2 Å². The summed E-state index contributed by atoms with van der Waals surface area (Å²) in [4.78, 5) is 4.77. The third-order valence-electron chi connectivity index (χ3n) is 3.71. The fourth-order valence-electron chi connectivity index (χ4n) is 2.61. The maximum Gasteiger partial charge on any atom is 0.160 e. The number of ether oxygens (including phenoxy) is 1. The summed E-state index contributed by atoms with van der Waals surface area (Å²) >= 11 is 1.62. The average molecular weight is 307 g/mol. The van der Waals surface area contributed by atoms with Crippen LogP contribution in [0.15, 0.2) is 54.6 Å². The molecule has 0 aliphatic rings. The first-order chi connectivity index (χ1) is 10.8. The minimum atomic E-state index is 0.129. The number of fused-ring (bicyclic) bond motifs is 3. The van der Waals surface area contributed by atoms with E-state index in [2.05, 4.69) is 24.3 Å². The summed E-state index contributed by atoms with van der Waals surface area (Å²) < 4.78 is 6.23. The first-order valence-corrected chi connectivity index (χ1v) is 7.73. The summed E-state index contributed by atoms with van der Waals surface area (Å²) in [6, 6.07) is 17.8. The summed E-state index contributed by atoms with van der Waals surface area (Å²) in [7, 11) is 1.54. The quantitative estimate of drug-likeness (QED) is 0.576. The van der Waals surface area contributed by atoms with Gasteiger partial charge < -0.3 is 9.84 Å². The molecule has 0 fully saturated rings. The molecular formula is C18H13NO2S. The number of nitrogens with zero attached hydrogens (tertiary/aromatic N) is 1. The molecule has 4 heteroatoms. The number of phenolic OH excluding ortho intramolecular Hbond substituents is 1. The Morgan fingerprint density at radius 2 is 1.91 bits per heavy atom. The number of thiazole rings is 1. The molecule has 3 aromatic carbocycles. The monoisotopic (exact) mass is 307 g/mol. The normalized spacial score (nSPS) is 11.1. The zero-order chi connectivity index (χ0) is 15.1. The van der Waals surface area contributed by atoms with Gasteiger partial charge in [-0.05, 0) is 29.7 Å². The van der Waals surface area contributed by atoms with Crippen LogP contribution in [-0.2, 0) is 0 Å². The van der Waals surface area contributed by atoms with Gasteiger partial charge in [0.2, 0.25) is 0 Å². The Morgan fingerprint density at radius 1 is 1.05 bits per heavy atom. The van der Waals surface area contributed by atoms with Crippen LogP contribution < -0.4 is 4.74 Å². The average Bonchev–Trinajstić information content (AvgIpc) is 2.99. The topological polar surface area (TPSA) is 42.4 Å². The van der Waals surface area contributed by atoms with E-state index in [9.17, 15) is 5.11 Å². The van der Waals surface area contributed by atoms with Gasteiger partial charge in [0, 0.05) is 10.9 Å². The van der Waals surface area contributed by atoms with Crippen LogP contribution in [0.5, 0.6) is 11.5 Å². The number of methoxy groups -OCH3 is 1. The number of benzene rings is 3. The van der Waals surface area contributed by atoms with E-state index in [0.29, 0.717) is 5.75 Å². The van der Waals surface area contributed by atoms with E-state index in [-0.39, 0.29) is 5.75 Å². The third-order valence-corrected chi connectivity index (χ3v) is 4.78. The Kier molecular flexibility index (Phi) is 2.98. The van der Waals surface area contributed by atoms with Gasteiger partial charge in [-0.1, -0.05) is 30.3 Å². The lowest BCUT2D eigenvalue weighted by Gasteiger charge is -2.03. The highest BCUT2D eigenvalue weighted by molar-refractivity contribution is 7.21.